The van der Waals surface area contributed by atoms with Gasteiger partial charge in [0.05, 0.1) is 0 Å². The monoisotopic (exact) mass is 310 g/mol. The van der Waals surface area contributed by atoms with Gasteiger partial charge in [0.2, 0.25) is 0 Å². The molecule has 0 saturated carbocycles. The Labute approximate surface area is 141 Å². The van der Waals surface area contributed by atoms with Crippen LogP contribution in [0.1, 0.15) is 42.0 Å². The summed E-state index contributed by atoms with van der Waals surface area (Å²) in [6.07, 6.45) is 0.998. The summed E-state index contributed by atoms with van der Waals surface area (Å²) in [7, 11) is 0. The van der Waals surface area contributed by atoms with Gasteiger partial charge in [0.1, 0.15) is 0 Å². The first-order valence-corrected chi connectivity index (χ1v) is 8.70. The van der Waals surface area contributed by atoms with Crippen molar-refractivity contribution in [2.45, 2.75) is 40.0 Å². The standard InChI is InChI=1S/C21H30N2/c1-5-23(6-2)21-11-8-18(9-12-21)14-20(15-22)19-10-7-16(3)17(4)13-19/h7-13,20H,5-6,14-15,22H2,1-4H3. The number of nitrogens with zero attached hydrogens (tertiary/aromatic N) is 1. The summed E-state index contributed by atoms with van der Waals surface area (Å²) in [6, 6.07) is 15.7. The molecule has 2 heteroatoms. The van der Waals surface area contributed by atoms with Gasteiger partial charge in [-0.05, 0) is 75.0 Å². The second-order valence-corrected chi connectivity index (χ2v) is 6.32. The summed E-state index contributed by atoms with van der Waals surface area (Å²) < 4.78 is 0. The van der Waals surface area contributed by atoms with Gasteiger partial charge in [-0.3, -0.25) is 0 Å². The Hall–Kier alpha value is -1.80. The number of hydrogen-bond donors (Lipinski definition) is 1. The molecule has 2 nitrogen and oxygen atoms in total. The van der Waals surface area contributed by atoms with E-state index < -0.39 is 0 Å². The first kappa shape index (κ1) is 17.6. The highest BCUT2D eigenvalue weighted by atomic mass is 15.1. The molecular weight excluding hydrogens is 280 g/mol. The van der Waals surface area contributed by atoms with Gasteiger partial charge < -0.3 is 10.6 Å². The van der Waals surface area contributed by atoms with E-state index in [2.05, 4.69) is 75.1 Å². The molecule has 0 aliphatic carbocycles. The SMILES string of the molecule is CCN(CC)c1ccc(CC(CN)c2ccc(C)c(C)c2)cc1. The zero-order chi connectivity index (χ0) is 16.8. The van der Waals surface area contributed by atoms with Gasteiger partial charge in [0.15, 0.2) is 0 Å². The Kier molecular flexibility index (Phi) is 6.23. The highest BCUT2D eigenvalue weighted by Crippen LogP contribution is 2.24. The second-order valence-electron chi connectivity index (χ2n) is 6.32. The van der Waals surface area contributed by atoms with E-state index in [1.165, 1.54) is 27.9 Å². The predicted octanol–water partition coefficient (Wildman–Crippen LogP) is 4.43. The van der Waals surface area contributed by atoms with Gasteiger partial charge in [-0.15, -0.1) is 0 Å². The Balaban J connectivity index is 2.13. The number of hydrogen-bond acceptors (Lipinski definition) is 2. The molecular formula is C21H30N2. The normalized spacial score (nSPS) is 12.2. The van der Waals surface area contributed by atoms with Crippen LogP contribution in [0.4, 0.5) is 5.69 Å². The van der Waals surface area contributed by atoms with Crippen LogP contribution in [0.3, 0.4) is 0 Å². The van der Waals surface area contributed by atoms with Crippen molar-refractivity contribution in [3.05, 3.63) is 64.7 Å². The molecule has 2 rings (SSSR count). The van der Waals surface area contributed by atoms with Gasteiger partial charge in [-0.2, -0.15) is 0 Å². The summed E-state index contributed by atoms with van der Waals surface area (Å²) in [4.78, 5) is 2.37. The van der Waals surface area contributed by atoms with E-state index in [-0.39, 0.29) is 0 Å². The Bertz CT molecular complexity index is 612. The molecule has 1 unspecified atom stereocenters. The first-order valence-electron chi connectivity index (χ1n) is 8.70. The minimum Gasteiger partial charge on any atom is -0.372 e. The Morgan fingerprint density at radius 1 is 0.913 bits per heavy atom. The van der Waals surface area contributed by atoms with Crippen molar-refractivity contribution in [3.63, 3.8) is 0 Å². The molecule has 124 valence electrons. The minimum atomic E-state index is 0.383. The fraction of sp³-hybridized carbons (Fsp3) is 0.429. The van der Waals surface area contributed by atoms with E-state index in [1.807, 2.05) is 0 Å². The lowest BCUT2D eigenvalue weighted by Gasteiger charge is -2.22. The molecule has 0 fully saturated rings. The maximum absolute atomic E-state index is 6.05. The molecule has 0 aromatic heterocycles. The Morgan fingerprint density at radius 2 is 1.57 bits per heavy atom. The van der Waals surface area contributed by atoms with E-state index in [4.69, 9.17) is 5.73 Å². The molecule has 0 aliphatic rings. The average Bonchev–Trinajstić information content (AvgIpc) is 2.57. The van der Waals surface area contributed by atoms with Gasteiger partial charge in [-0.25, -0.2) is 0 Å². The highest BCUT2D eigenvalue weighted by Gasteiger charge is 2.12. The van der Waals surface area contributed by atoms with E-state index >= 15 is 0 Å². The molecule has 2 aromatic carbocycles. The van der Waals surface area contributed by atoms with Crippen LogP contribution in [0.25, 0.3) is 0 Å². The van der Waals surface area contributed by atoms with Crippen molar-refractivity contribution < 1.29 is 0 Å². The van der Waals surface area contributed by atoms with Crippen molar-refractivity contribution in [3.8, 4) is 0 Å². The third-order valence-electron chi connectivity index (χ3n) is 4.83. The van der Waals surface area contributed by atoms with Crippen LogP contribution in [0.2, 0.25) is 0 Å². The van der Waals surface area contributed by atoms with Crippen molar-refractivity contribution in [1.29, 1.82) is 0 Å². The summed E-state index contributed by atoms with van der Waals surface area (Å²) in [6.45, 7) is 11.5. The summed E-state index contributed by atoms with van der Waals surface area (Å²) in [5, 5.41) is 0. The maximum atomic E-state index is 6.05. The fourth-order valence-electron chi connectivity index (χ4n) is 3.07. The van der Waals surface area contributed by atoms with Crippen molar-refractivity contribution in [2.24, 2.45) is 5.73 Å². The lowest BCUT2D eigenvalue weighted by atomic mass is 9.90. The van der Waals surface area contributed by atoms with E-state index in [0.717, 1.165) is 19.5 Å². The maximum Gasteiger partial charge on any atom is 0.0366 e. The van der Waals surface area contributed by atoms with E-state index in [0.29, 0.717) is 12.5 Å². The molecule has 0 radical (unpaired) electrons. The van der Waals surface area contributed by atoms with Crippen LogP contribution in [-0.2, 0) is 6.42 Å². The van der Waals surface area contributed by atoms with Crippen LogP contribution < -0.4 is 10.6 Å². The molecule has 0 bridgehead atoms. The zero-order valence-corrected chi connectivity index (χ0v) is 15.0. The number of aryl methyl sites for hydroxylation is 2. The first-order chi connectivity index (χ1) is 11.1. The smallest absolute Gasteiger partial charge is 0.0366 e. The van der Waals surface area contributed by atoms with Crippen molar-refractivity contribution in [2.75, 3.05) is 24.5 Å². The molecule has 2 aromatic rings. The topological polar surface area (TPSA) is 29.3 Å². The predicted molar refractivity (Wildman–Crippen MR) is 101 cm³/mol. The molecule has 2 N–H and O–H groups in total. The summed E-state index contributed by atoms with van der Waals surface area (Å²) >= 11 is 0. The second kappa shape index (κ2) is 8.16. The minimum absolute atomic E-state index is 0.383. The van der Waals surface area contributed by atoms with Gasteiger partial charge >= 0.3 is 0 Å². The fourth-order valence-corrected chi connectivity index (χ4v) is 3.07. The summed E-state index contributed by atoms with van der Waals surface area (Å²) in [5.41, 5.74) is 12.7. The number of anilines is 1. The third-order valence-corrected chi connectivity index (χ3v) is 4.83. The molecule has 0 heterocycles. The molecule has 0 aliphatic heterocycles. The van der Waals surface area contributed by atoms with Crippen molar-refractivity contribution in [1.82, 2.24) is 0 Å². The van der Waals surface area contributed by atoms with E-state index in [9.17, 15) is 0 Å². The summed E-state index contributed by atoms with van der Waals surface area (Å²) in [5.74, 6) is 0.383. The van der Waals surface area contributed by atoms with Gasteiger partial charge in [-0.1, -0.05) is 30.3 Å². The van der Waals surface area contributed by atoms with Gasteiger partial charge in [0.25, 0.3) is 0 Å². The Morgan fingerprint density at radius 3 is 2.09 bits per heavy atom. The molecule has 0 spiro atoms. The number of nitrogens with two attached hydrogens (primary N) is 1. The van der Waals surface area contributed by atoms with Crippen LogP contribution >= 0.6 is 0 Å². The number of rotatable bonds is 7. The third kappa shape index (κ3) is 4.35. The average molecular weight is 310 g/mol. The van der Waals surface area contributed by atoms with Crippen LogP contribution in [0.15, 0.2) is 42.5 Å². The zero-order valence-electron chi connectivity index (χ0n) is 15.0. The van der Waals surface area contributed by atoms with Gasteiger partial charge in [0, 0.05) is 24.7 Å². The largest absolute Gasteiger partial charge is 0.372 e. The van der Waals surface area contributed by atoms with Crippen molar-refractivity contribution >= 4 is 5.69 Å². The quantitative estimate of drug-likeness (QED) is 0.819. The number of benzene rings is 2. The lowest BCUT2D eigenvalue weighted by Crippen LogP contribution is -2.21. The molecule has 0 amide bonds. The van der Waals surface area contributed by atoms with E-state index in [1.54, 1.807) is 0 Å². The molecule has 0 saturated heterocycles. The molecule has 23 heavy (non-hydrogen) atoms. The highest BCUT2D eigenvalue weighted by molar-refractivity contribution is 5.47. The van der Waals surface area contributed by atoms with Crippen LogP contribution in [-0.4, -0.2) is 19.6 Å². The van der Waals surface area contributed by atoms with Crippen LogP contribution in [0, 0.1) is 13.8 Å². The lowest BCUT2D eigenvalue weighted by molar-refractivity contribution is 0.693. The van der Waals surface area contributed by atoms with Crippen LogP contribution in [0.5, 0.6) is 0 Å². The molecule has 1 atom stereocenters.